The highest BCUT2D eigenvalue weighted by molar-refractivity contribution is 5.89. The molecule has 25 heavy (non-hydrogen) atoms. The lowest BCUT2D eigenvalue weighted by atomic mass is 9.93. The molecule has 0 aliphatic carbocycles. The molecule has 136 valence electrons. The first-order chi connectivity index (χ1) is 11.9. The number of benzene rings is 1. The summed E-state index contributed by atoms with van der Waals surface area (Å²) < 4.78 is 14.0. The Morgan fingerprint density at radius 1 is 1.32 bits per heavy atom. The highest BCUT2D eigenvalue weighted by Gasteiger charge is 2.31. The molecular weight excluding hydrogens is 321 g/mol. The van der Waals surface area contributed by atoms with Gasteiger partial charge in [-0.05, 0) is 49.8 Å². The number of carbonyl (C=O) groups excluding carboxylic acids is 2. The average molecular weight is 347 g/mol. The van der Waals surface area contributed by atoms with Gasteiger partial charge in [-0.3, -0.25) is 9.59 Å². The molecule has 2 aliphatic heterocycles. The lowest BCUT2D eigenvalue weighted by Gasteiger charge is -2.35. The Labute approximate surface area is 148 Å². The Morgan fingerprint density at radius 2 is 2.04 bits per heavy atom. The van der Waals surface area contributed by atoms with Crippen molar-refractivity contribution in [1.82, 2.24) is 10.6 Å². The van der Waals surface area contributed by atoms with Crippen LogP contribution in [0.3, 0.4) is 0 Å². The highest BCUT2D eigenvalue weighted by Crippen LogP contribution is 2.24. The maximum absolute atomic E-state index is 14.0. The van der Waals surface area contributed by atoms with Crippen molar-refractivity contribution in [2.75, 3.05) is 18.0 Å². The van der Waals surface area contributed by atoms with E-state index in [1.807, 2.05) is 24.8 Å². The molecule has 2 heterocycles. The molecular formula is C19H26FN3O2. The molecule has 0 spiro atoms. The van der Waals surface area contributed by atoms with Gasteiger partial charge in [0, 0.05) is 25.6 Å². The summed E-state index contributed by atoms with van der Waals surface area (Å²) in [7, 11) is 0. The van der Waals surface area contributed by atoms with Crippen LogP contribution in [0.15, 0.2) is 18.2 Å². The second-order valence-corrected chi connectivity index (χ2v) is 7.39. The molecule has 2 atom stereocenters. The first-order valence-corrected chi connectivity index (χ1v) is 9.03. The summed E-state index contributed by atoms with van der Waals surface area (Å²) >= 11 is 0. The number of nitrogens with one attached hydrogen (secondary N) is 2. The second-order valence-electron chi connectivity index (χ2n) is 7.39. The number of hydrogen-bond donors (Lipinski definition) is 2. The first-order valence-electron chi connectivity index (χ1n) is 9.03. The van der Waals surface area contributed by atoms with Gasteiger partial charge in [0.2, 0.25) is 11.8 Å². The van der Waals surface area contributed by atoms with Crippen molar-refractivity contribution in [3.63, 3.8) is 0 Å². The zero-order chi connectivity index (χ0) is 18.0. The van der Waals surface area contributed by atoms with Crippen LogP contribution in [0.25, 0.3) is 0 Å². The Kier molecular flexibility index (Phi) is 5.25. The number of aryl methyl sites for hydroxylation is 1. The van der Waals surface area contributed by atoms with Gasteiger partial charge in [-0.2, -0.15) is 0 Å². The summed E-state index contributed by atoms with van der Waals surface area (Å²) in [4.78, 5) is 26.1. The van der Waals surface area contributed by atoms with Crippen LogP contribution in [0, 0.1) is 18.7 Å². The molecule has 2 fully saturated rings. The van der Waals surface area contributed by atoms with E-state index in [-0.39, 0.29) is 29.6 Å². The molecule has 1 aromatic carbocycles. The molecule has 0 saturated carbocycles. The summed E-state index contributed by atoms with van der Waals surface area (Å²) in [5, 5.41) is 5.83. The molecule has 1 aromatic rings. The minimum atomic E-state index is -0.427. The average Bonchev–Trinajstić information content (AvgIpc) is 2.57. The molecule has 0 bridgehead atoms. The monoisotopic (exact) mass is 347 g/mol. The summed E-state index contributed by atoms with van der Waals surface area (Å²) in [6.07, 6.45) is 2.72. The van der Waals surface area contributed by atoms with Crippen molar-refractivity contribution in [1.29, 1.82) is 0 Å². The van der Waals surface area contributed by atoms with Gasteiger partial charge in [-0.1, -0.05) is 13.0 Å². The van der Waals surface area contributed by atoms with Crippen LogP contribution in [-0.4, -0.2) is 37.0 Å². The van der Waals surface area contributed by atoms with Crippen LogP contribution in [0.2, 0.25) is 0 Å². The van der Waals surface area contributed by atoms with Gasteiger partial charge in [0.05, 0.1) is 5.69 Å². The van der Waals surface area contributed by atoms with E-state index in [0.29, 0.717) is 31.6 Å². The normalized spacial score (nSPS) is 24.8. The fraction of sp³-hybridized carbons (Fsp3) is 0.579. The standard InChI is InChI=1S/C19H26FN3O2/c1-12-3-4-15(20)17(10-12)23-7-5-14(6-8-23)21-19(25)16-9-13(2)11-18(24)22-16/h3-4,10,13-14,16H,5-9,11H2,1-2H3,(H,21,25)(H,22,24)/t13-,16-/m0/s1. The number of nitrogens with zero attached hydrogens (tertiary/aromatic N) is 1. The summed E-state index contributed by atoms with van der Waals surface area (Å²) in [6.45, 7) is 5.36. The van der Waals surface area contributed by atoms with Crippen LogP contribution in [-0.2, 0) is 9.59 Å². The van der Waals surface area contributed by atoms with Crippen LogP contribution >= 0.6 is 0 Å². The number of carbonyl (C=O) groups is 2. The van der Waals surface area contributed by atoms with E-state index >= 15 is 0 Å². The summed E-state index contributed by atoms with van der Waals surface area (Å²) in [6, 6.07) is 4.79. The quantitative estimate of drug-likeness (QED) is 0.881. The Morgan fingerprint density at radius 3 is 2.72 bits per heavy atom. The molecule has 0 unspecified atom stereocenters. The van der Waals surface area contributed by atoms with Crippen LogP contribution < -0.4 is 15.5 Å². The Balaban J connectivity index is 1.53. The maximum atomic E-state index is 14.0. The number of amides is 2. The molecule has 5 nitrogen and oxygen atoms in total. The zero-order valence-corrected chi connectivity index (χ0v) is 14.8. The molecule has 2 amide bonds. The Hall–Kier alpha value is -2.11. The topological polar surface area (TPSA) is 61.4 Å². The van der Waals surface area contributed by atoms with Crippen LogP contribution in [0.4, 0.5) is 10.1 Å². The number of halogens is 1. The smallest absolute Gasteiger partial charge is 0.242 e. The molecule has 2 N–H and O–H groups in total. The van der Waals surface area contributed by atoms with E-state index in [1.54, 1.807) is 6.07 Å². The third-order valence-corrected chi connectivity index (χ3v) is 5.11. The van der Waals surface area contributed by atoms with E-state index in [1.165, 1.54) is 6.07 Å². The lowest BCUT2D eigenvalue weighted by Crippen LogP contribution is -2.54. The van der Waals surface area contributed by atoms with Crippen molar-refractivity contribution in [2.45, 2.75) is 51.6 Å². The number of rotatable bonds is 3. The van der Waals surface area contributed by atoms with Crippen molar-refractivity contribution in [2.24, 2.45) is 5.92 Å². The van der Waals surface area contributed by atoms with Gasteiger partial charge in [0.15, 0.2) is 0 Å². The summed E-state index contributed by atoms with van der Waals surface area (Å²) in [5.74, 6) is -0.119. The Bertz CT molecular complexity index is 656. The zero-order valence-electron chi connectivity index (χ0n) is 14.8. The van der Waals surface area contributed by atoms with Gasteiger partial charge < -0.3 is 15.5 Å². The lowest BCUT2D eigenvalue weighted by molar-refractivity contribution is -0.132. The van der Waals surface area contributed by atoms with Gasteiger partial charge >= 0.3 is 0 Å². The van der Waals surface area contributed by atoms with Crippen molar-refractivity contribution < 1.29 is 14.0 Å². The first kappa shape index (κ1) is 17.7. The molecule has 2 saturated heterocycles. The maximum Gasteiger partial charge on any atom is 0.242 e. The van der Waals surface area contributed by atoms with Crippen molar-refractivity contribution in [3.05, 3.63) is 29.6 Å². The minimum Gasteiger partial charge on any atom is -0.369 e. The fourth-order valence-electron chi connectivity index (χ4n) is 3.72. The molecule has 0 aromatic heterocycles. The molecule has 6 heteroatoms. The number of hydrogen-bond acceptors (Lipinski definition) is 3. The second kappa shape index (κ2) is 7.42. The SMILES string of the molecule is Cc1ccc(F)c(N2CCC(NC(=O)[C@@H]3C[C@H](C)CC(=O)N3)CC2)c1. The largest absolute Gasteiger partial charge is 0.369 e. The molecule has 3 rings (SSSR count). The predicted octanol–water partition coefficient (Wildman–Crippen LogP) is 2.13. The predicted molar refractivity (Wildman–Crippen MR) is 94.8 cm³/mol. The van der Waals surface area contributed by atoms with Gasteiger partial charge in [-0.15, -0.1) is 0 Å². The van der Waals surface area contributed by atoms with E-state index in [0.717, 1.165) is 18.4 Å². The molecule has 0 radical (unpaired) electrons. The van der Waals surface area contributed by atoms with Crippen molar-refractivity contribution in [3.8, 4) is 0 Å². The van der Waals surface area contributed by atoms with Crippen LogP contribution in [0.1, 0.15) is 38.2 Å². The van der Waals surface area contributed by atoms with E-state index < -0.39 is 6.04 Å². The molecule has 2 aliphatic rings. The third kappa shape index (κ3) is 4.30. The fourth-order valence-corrected chi connectivity index (χ4v) is 3.72. The number of piperidine rings is 2. The van der Waals surface area contributed by atoms with E-state index in [9.17, 15) is 14.0 Å². The van der Waals surface area contributed by atoms with Gasteiger partial charge in [0.1, 0.15) is 11.9 Å². The summed E-state index contributed by atoms with van der Waals surface area (Å²) in [5.41, 5.74) is 1.67. The van der Waals surface area contributed by atoms with Gasteiger partial charge in [-0.25, -0.2) is 4.39 Å². The van der Waals surface area contributed by atoms with Crippen LogP contribution in [0.5, 0.6) is 0 Å². The van der Waals surface area contributed by atoms with E-state index in [2.05, 4.69) is 10.6 Å². The highest BCUT2D eigenvalue weighted by atomic mass is 19.1. The third-order valence-electron chi connectivity index (χ3n) is 5.11. The minimum absolute atomic E-state index is 0.0522. The van der Waals surface area contributed by atoms with Crippen molar-refractivity contribution >= 4 is 17.5 Å². The number of anilines is 1. The van der Waals surface area contributed by atoms with Gasteiger partial charge in [0.25, 0.3) is 0 Å². The van der Waals surface area contributed by atoms with E-state index in [4.69, 9.17) is 0 Å².